The second-order valence-corrected chi connectivity index (χ2v) is 6.63. The summed E-state index contributed by atoms with van der Waals surface area (Å²) in [5.74, 6) is 0.420. The Labute approximate surface area is 136 Å². The molecule has 4 nitrogen and oxygen atoms in total. The summed E-state index contributed by atoms with van der Waals surface area (Å²) in [4.78, 5) is 12.4. The maximum atomic E-state index is 13.0. The molecule has 4 unspecified atom stereocenters. The summed E-state index contributed by atoms with van der Waals surface area (Å²) in [7, 11) is 1.60. The largest absolute Gasteiger partial charge is 0.375 e. The first kappa shape index (κ1) is 16.4. The molecule has 23 heavy (non-hydrogen) atoms. The quantitative estimate of drug-likeness (QED) is 0.876. The normalized spacial score (nSPS) is 28.2. The van der Waals surface area contributed by atoms with Crippen molar-refractivity contribution in [3.8, 4) is 0 Å². The van der Waals surface area contributed by atoms with Gasteiger partial charge in [-0.05, 0) is 42.9 Å². The highest BCUT2D eigenvalue weighted by molar-refractivity contribution is 5.82. The van der Waals surface area contributed by atoms with E-state index in [1.54, 1.807) is 19.2 Å². The zero-order chi connectivity index (χ0) is 16.2. The summed E-state index contributed by atoms with van der Waals surface area (Å²) in [6, 6.07) is 6.62. The van der Waals surface area contributed by atoms with Crippen molar-refractivity contribution in [1.82, 2.24) is 10.6 Å². The Hall–Kier alpha value is -1.46. The van der Waals surface area contributed by atoms with Crippen molar-refractivity contribution in [3.63, 3.8) is 0 Å². The van der Waals surface area contributed by atoms with Crippen molar-refractivity contribution in [2.75, 3.05) is 13.7 Å². The van der Waals surface area contributed by atoms with E-state index < -0.39 is 0 Å². The third kappa shape index (κ3) is 3.90. The van der Waals surface area contributed by atoms with Crippen LogP contribution in [-0.2, 0) is 9.53 Å². The van der Waals surface area contributed by atoms with Gasteiger partial charge in [-0.15, -0.1) is 0 Å². The Morgan fingerprint density at radius 1 is 1.35 bits per heavy atom. The fourth-order valence-corrected chi connectivity index (χ4v) is 3.85. The molecule has 2 aliphatic rings. The zero-order valence-corrected chi connectivity index (χ0v) is 13.6. The molecule has 1 saturated carbocycles. The number of hydrogen-bond acceptors (Lipinski definition) is 3. The van der Waals surface area contributed by atoms with E-state index in [0.717, 1.165) is 12.0 Å². The fraction of sp³-hybridized carbons (Fsp3) is 0.611. The molecular formula is C18H25FN2O2. The number of ether oxygens (including phenoxy) is 1. The number of rotatable bonds is 5. The Morgan fingerprint density at radius 2 is 2.09 bits per heavy atom. The van der Waals surface area contributed by atoms with Gasteiger partial charge in [0.05, 0.1) is 12.1 Å². The van der Waals surface area contributed by atoms with Crippen LogP contribution in [0.15, 0.2) is 24.3 Å². The number of hydrogen-bond donors (Lipinski definition) is 2. The average Bonchev–Trinajstić information content (AvgIpc) is 3.01. The molecule has 1 saturated heterocycles. The molecule has 1 aliphatic heterocycles. The second kappa shape index (κ2) is 7.41. The van der Waals surface area contributed by atoms with E-state index in [1.165, 1.54) is 37.8 Å². The molecule has 4 atom stereocenters. The predicted octanol–water partition coefficient (Wildman–Crippen LogP) is 2.55. The Bertz CT molecular complexity index is 520. The van der Waals surface area contributed by atoms with E-state index in [4.69, 9.17) is 4.74 Å². The summed E-state index contributed by atoms with van der Waals surface area (Å²) in [6.45, 7) is 0.397. The first-order chi connectivity index (χ1) is 11.2. The number of methoxy groups -OCH3 is 1. The molecule has 1 aliphatic carbocycles. The summed E-state index contributed by atoms with van der Waals surface area (Å²) in [5.41, 5.74) is 0.863. The molecule has 1 aromatic rings. The number of fused-ring (bicyclic) bond motifs is 1. The van der Waals surface area contributed by atoms with Crippen molar-refractivity contribution in [3.05, 3.63) is 35.6 Å². The lowest BCUT2D eigenvalue weighted by Gasteiger charge is -2.24. The van der Waals surface area contributed by atoms with Gasteiger partial charge in [0.2, 0.25) is 5.91 Å². The predicted molar refractivity (Wildman–Crippen MR) is 86.4 cm³/mol. The Morgan fingerprint density at radius 3 is 2.78 bits per heavy atom. The number of carbonyl (C=O) groups excluding carboxylic acids is 1. The van der Waals surface area contributed by atoms with Crippen LogP contribution < -0.4 is 10.6 Å². The van der Waals surface area contributed by atoms with Crippen LogP contribution in [0.5, 0.6) is 0 Å². The lowest BCUT2D eigenvalue weighted by molar-refractivity contribution is -0.123. The monoisotopic (exact) mass is 320 g/mol. The molecule has 1 heterocycles. The fourth-order valence-electron chi connectivity index (χ4n) is 3.85. The zero-order valence-electron chi connectivity index (χ0n) is 13.6. The van der Waals surface area contributed by atoms with Crippen molar-refractivity contribution in [2.45, 2.75) is 50.3 Å². The number of halogens is 1. The van der Waals surface area contributed by atoms with Crippen molar-refractivity contribution >= 4 is 5.91 Å². The summed E-state index contributed by atoms with van der Waals surface area (Å²) < 4.78 is 18.4. The van der Waals surface area contributed by atoms with Gasteiger partial charge in [0.25, 0.3) is 0 Å². The van der Waals surface area contributed by atoms with E-state index >= 15 is 0 Å². The molecule has 0 radical (unpaired) electrons. The summed E-state index contributed by atoms with van der Waals surface area (Å²) in [6.07, 6.45) is 5.64. The first-order valence-electron chi connectivity index (χ1n) is 8.49. The van der Waals surface area contributed by atoms with Gasteiger partial charge < -0.3 is 15.4 Å². The van der Waals surface area contributed by atoms with Crippen molar-refractivity contribution in [1.29, 1.82) is 0 Å². The lowest BCUT2D eigenvalue weighted by Crippen LogP contribution is -2.44. The summed E-state index contributed by atoms with van der Waals surface area (Å²) in [5, 5.41) is 6.46. The smallest absolute Gasteiger partial charge is 0.237 e. The van der Waals surface area contributed by atoms with Crippen LogP contribution in [0.3, 0.4) is 0 Å². The second-order valence-electron chi connectivity index (χ2n) is 6.63. The topological polar surface area (TPSA) is 50.4 Å². The minimum absolute atomic E-state index is 0.0450. The van der Waals surface area contributed by atoms with Crippen LogP contribution in [-0.4, -0.2) is 31.6 Å². The molecule has 2 N–H and O–H groups in total. The number of benzene rings is 1. The number of carbonyl (C=O) groups is 1. The average molecular weight is 320 g/mol. The molecule has 0 bridgehead atoms. The van der Waals surface area contributed by atoms with Gasteiger partial charge in [0.1, 0.15) is 5.82 Å². The van der Waals surface area contributed by atoms with Crippen LogP contribution >= 0.6 is 0 Å². The molecule has 5 heteroatoms. The lowest BCUT2D eigenvalue weighted by atomic mass is 9.85. The minimum Gasteiger partial charge on any atom is -0.375 e. The van der Waals surface area contributed by atoms with E-state index in [-0.39, 0.29) is 23.9 Å². The molecule has 0 spiro atoms. The molecule has 1 amide bonds. The van der Waals surface area contributed by atoms with Gasteiger partial charge >= 0.3 is 0 Å². The highest BCUT2D eigenvalue weighted by Gasteiger charge is 2.38. The van der Waals surface area contributed by atoms with Crippen LogP contribution in [0.25, 0.3) is 0 Å². The molecule has 126 valence electrons. The standard InChI is InChI=1S/C18H25FN2O2/c1-23-17(12-6-8-14(19)9-7-12)11-20-18(22)16-10-13-4-2-3-5-15(13)21-16/h6-9,13,15-17,21H,2-5,10-11H2,1H3,(H,20,22). The van der Waals surface area contributed by atoms with Gasteiger partial charge in [-0.3, -0.25) is 4.79 Å². The third-order valence-electron chi connectivity index (χ3n) is 5.17. The number of amides is 1. The SMILES string of the molecule is COC(CNC(=O)C1CC2CCCCC2N1)c1ccc(F)cc1. The van der Waals surface area contributed by atoms with Gasteiger partial charge in [-0.1, -0.05) is 25.0 Å². The molecule has 0 aromatic heterocycles. The van der Waals surface area contributed by atoms with E-state index in [1.807, 2.05) is 0 Å². The van der Waals surface area contributed by atoms with Crippen molar-refractivity contribution in [2.24, 2.45) is 5.92 Å². The van der Waals surface area contributed by atoms with Gasteiger partial charge in [0, 0.05) is 19.7 Å². The van der Waals surface area contributed by atoms with Gasteiger partial charge in [-0.2, -0.15) is 0 Å². The highest BCUT2D eigenvalue weighted by Crippen LogP contribution is 2.33. The maximum absolute atomic E-state index is 13.0. The van der Waals surface area contributed by atoms with Gasteiger partial charge in [0.15, 0.2) is 0 Å². The highest BCUT2D eigenvalue weighted by atomic mass is 19.1. The van der Waals surface area contributed by atoms with Crippen LogP contribution in [0.4, 0.5) is 4.39 Å². The molecular weight excluding hydrogens is 295 g/mol. The summed E-state index contributed by atoms with van der Waals surface area (Å²) >= 11 is 0. The number of nitrogens with one attached hydrogen (secondary N) is 2. The Balaban J connectivity index is 1.52. The van der Waals surface area contributed by atoms with Crippen LogP contribution in [0.1, 0.15) is 43.8 Å². The third-order valence-corrected chi connectivity index (χ3v) is 5.17. The van der Waals surface area contributed by atoms with Crippen LogP contribution in [0, 0.1) is 11.7 Å². The van der Waals surface area contributed by atoms with E-state index in [9.17, 15) is 9.18 Å². The van der Waals surface area contributed by atoms with E-state index in [2.05, 4.69) is 10.6 Å². The molecule has 1 aromatic carbocycles. The van der Waals surface area contributed by atoms with Crippen molar-refractivity contribution < 1.29 is 13.9 Å². The maximum Gasteiger partial charge on any atom is 0.237 e. The van der Waals surface area contributed by atoms with E-state index in [0.29, 0.717) is 18.5 Å². The first-order valence-corrected chi connectivity index (χ1v) is 8.49. The van der Waals surface area contributed by atoms with Gasteiger partial charge in [-0.25, -0.2) is 4.39 Å². The molecule has 2 fully saturated rings. The minimum atomic E-state index is -0.273. The Kier molecular flexibility index (Phi) is 5.28. The molecule has 3 rings (SSSR count). The van der Waals surface area contributed by atoms with Crippen LogP contribution in [0.2, 0.25) is 0 Å².